The van der Waals surface area contributed by atoms with Crippen LogP contribution in [0.5, 0.6) is 0 Å². The first-order valence-electron chi connectivity index (χ1n) is 7.69. The summed E-state index contributed by atoms with van der Waals surface area (Å²) in [5, 5.41) is 4.13. The smallest absolute Gasteiger partial charge is 0.310 e. The molecular formula is C16H15F5N4OS. The van der Waals surface area contributed by atoms with Crippen molar-refractivity contribution >= 4 is 10.2 Å². The lowest BCUT2D eigenvalue weighted by Crippen LogP contribution is -2.09. The Bertz CT molecular complexity index is 1060. The maximum absolute atomic E-state index is 12.8. The molecule has 146 valence electrons. The van der Waals surface area contributed by atoms with E-state index in [1.54, 1.807) is 20.0 Å². The van der Waals surface area contributed by atoms with Gasteiger partial charge in [0, 0.05) is 17.8 Å². The van der Waals surface area contributed by atoms with Crippen LogP contribution in [0.4, 0.5) is 19.4 Å². The molecule has 0 aliphatic heterocycles. The van der Waals surface area contributed by atoms with Gasteiger partial charge in [0.15, 0.2) is 0 Å². The highest BCUT2D eigenvalue weighted by atomic mass is 32.5. The molecule has 1 unspecified atom stereocenters. The second-order valence-corrected chi connectivity index (χ2v) is 8.55. The number of nitrogens with zero attached hydrogens (tertiary/aromatic N) is 3. The van der Waals surface area contributed by atoms with Crippen molar-refractivity contribution in [2.24, 2.45) is 0 Å². The quantitative estimate of drug-likeness (QED) is 0.605. The van der Waals surface area contributed by atoms with Crippen LogP contribution in [0.1, 0.15) is 24.4 Å². The third-order valence-corrected chi connectivity index (χ3v) is 5.13. The average Bonchev–Trinajstić information content (AvgIpc) is 3.01. The molecule has 1 N–H and O–H groups in total. The van der Waals surface area contributed by atoms with Gasteiger partial charge in [-0.2, -0.15) is 5.10 Å². The topological polar surface area (TPSA) is 63.6 Å². The lowest BCUT2D eigenvalue weighted by molar-refractivity contribution is 0.364. The highest BCUT2D eigenvalue weighted by Crippen LogP contribution is 3.02. The lowest BCUT2D eigenvalue weighted by atomic mass is 10.1. The Morgan fingerprint density at radius 1 is 1.11 bits per heavy atom. The summed E-state index contributed by atoms with van der Waals surface area (Å²) in [7, 11) is -9.69. The summed E-state index contributed by atoms with van der Waals surface area (Å²) in [6, 6.07) is 3.51. The van der Waals surface area contributed by atoms with Crippen LogP contribution in [0.2, 0.25) is 0 Å². The molecule has 0 bridgehead atoms. The fraction of sp³-hybridized carbons (Fsp3) is 0.188. The summed E-state index contributed by atoms with van der Waals surface area (Å²) in [4.78, 5) is 16.3. The molecule has 3 aromatic rings. The summed E-state index contributed by atoms with van der Waals surface area (Å²) in [5.41, 5.74) is 0.973. The molecule has 11 heteroatoms. The Labute approximate surface area is 150 Å². The highest BCUT2D eigenvalue weighted by molar-refractivity contribution is 8.45. The van der Waals surface area contributed by atoms with Crippen LogP contribution in [0.15, 0.2) is 52.4 Å². The molecule has 0 saturated heterocycles. The Balaban J connectivity index is 1.90. The number of aromatic nitrogens is 4. The number of hydrogen-bond acceptors (Lipinski definition) is 3. The Kier molecular flexibility index (Phi) is 3.82. The zero-order valence-electron chi connectivity index (χ0n) is 14.2. The van der Waals surface area contributed by atoms with Crippen molar-refractivity contribution in [1.82, 2.24) is 19.7 Å². The fourth-order valence-electron chi connectivity index (χ4n) is 2.57. The van der Waals surface area contributed by atoms with Crippen molar-refractivity contribution in [3.8, 4) is 11.3 Å². The highest BCUT2D eigenvalue weighted by Gasteiger charge is 2.65. The van der Waals surface area contributed by atoms with Crippen molar-refractivity contribution in [3.63, 3.8) is 0 Å². The van der Waals surface area contributed by atoms with E-state index in [9.17, 15) is 24.2 Å². The van der Waals surface area contributed by atoms with Gasteiger partial charge in [-0.3, -0.25) is 9.48 Å². The van der Waals surface area contributed by atoms with E-state index in [1.165, 1.54) is 16.9 Å². The molecule has 3 rings (SSSR count). The predicted molar refractivity (Wildman–Crippen MR) is 92.5 cm³/mol. The molecule has 1 aromatic carbocycles. The van der Waals surface area contributed by atoms with Gasteiger partial charge in [0.25, 0.3) is 5.56 Å². The molecular weight excluding hydrogens is 391 g/mol. The van der Waals surface area contributed by atoms with Crippen LogP contribution in [0, 0.1) is 6.92 Å². The van der Waals surface area contributed by atoms with Gasteiger partial charge in [0.1, 0.15) is 10.7 Å². The molecule has 2 heterocycles. The zero-order chi connectivity index (χ0) is 20.1. The number of hydrogen-bond donors (Lipinski definition) is 1. The monoisotopic (exact) mass is 406 g/mol. The number of benzene rings is 1. The fourth-order valence-corrected chi connectivity index (χ4v) is 3.22. The first-order valence-corrected chi connectivity index (χ1v) is 9.64. The van der Waals surface area contributed by atoms with E-state index in [2.05, 4.69) is 15.1 Å². The normalized spacial score (nSPS) is 15.8. The van der Waals surface area contributed by atoms with Gasteiger partial charge in [0.2, 0.25) is 0 Å². The minimum Gasteiger partial charge on any atom is -0.311 e. The molecule has 0 amide bonds. The molecule has 0 spiro atoms. The van der Waals surface area contributed by atoms with Gasteiger partial charge < -0.3 is 4.98 Å². The minimum atomic E-state index is -9.69. The van der Waals surface area contributed by atoms with E-state index in [1.807, 2.05) is 0 Å². The lowest BCUT2D eigenvalue weighted by Gasteiger charge is -2.40. The first kappa shape index (κ1) is 19.1. The summed E-state index contributed by atoms with van der Waals surface area (Å²) in [6.07, 6.45) is 3.03. The molecule has 5 nitrogen and oxygen atoms in total. The van der Waals surface area contributed by atoms with Crippen LogP contribution >= 0.6 is 10.2 Å². The third-order valence-electron chi connectivity index (χ3n) is 3.96. The molecule has 0 aliphatic rings. The largest absolute Gasteiger partial charge is 0.311 e. The number of H-pyrrole nitrogens is 1. The molecule has 0 aliphatic carbocycles. The molecule has 0 radical (unpaired) electrons. The van der Waals surface area contributed by atoms with Gasteiger partial charge in [-0.25, -0.2) is 4.98 Å². The number of nitrogens with one attached hydrogen (secondary N) is 1. The molecule has 2 aromatic heterocycles. The molecule has 27 heavy (non-hydrogen) atoms. The van der Waals surface area contributed by atoms with Crippen molar-refractivity contribution in [3.05, 3.63) is 64.5 Å². The number of aromatic amines is 1. The standard InChI is InChI=1S/C16H15F5N4OS/c1-10(12-3-5-14(6-4-12)27(17,18,19,20)21)25-9-13(8-22-25)15-7-16(26)24-11(2)23-15/h3-10H,1-2H3,(H,23,24,26). The zero-order valence-corrected chi connectivity index (χ0v) is 15.0. The Morgan fingerprint density at radius 2 is 1.74 bits per heavy atom. The van der Waals surface area contributed by atoms with Crippen molar-refractivity contribution in [2.75, 3.05) is 0 Å². The second kappa shape index (κ2) is 5.41. The maximum Gasteiger partial charge on any atom is 0.310 e. The van der Waals surface area contributed by atoms with Gasteiger partial charge in [-0.05, 0) is 31.5 Å². The maximum atomic E-state index is 12.8. The van der Waals surface area contributed by atoms with E-state index in [4.69, 9.17) is 0 Å². The van der Waals surface area contributed by atoms with E-state index in [0.717, 1.165) is 12.1 Å². The Hall–Kier alpha value is -2.69. The van der Waals surface area contributed by atoms with E-state index in [0.29, 0.717) is 34.8 Å². The second-order valence-electron chi connectivity index (χ2n) is 6.14. The molecule has 1 atom stereocenters. The summed E-state index contributed by atoms with van der Waals surface area (Å²) in [6.45, 7) is 3.28. The molecule has 0 saturated carbocycles. The van der Waals surface area contributed by atoms with E-state index < -0.39 is 21.2 Å². The van der Waals surface area contributed by atoms with Gasteiger partial charge >= 0.3 is 10.2 Å². The predicted octanol–water partition coefficient (Wildman–Crippen LogP) is 5.21. The van der Waals surface area contributed by atoms with Gasteiger partial charge in [-0.15, -0.1) is 0 Å². The SMILES string of the molecule is Cc1nc(-c2cnn(C(C)c3ccc(S(F)(F)(F)(F)F)cc3)c2)cc(=O)[nH]1. The number of aryl methyl sites for hydroxylation is 1. The van der Waals surface area contributed by atoms with Gasteiger partial charge in [0.05, 0.1) is 17.9 Å². The van der Waals surface area contributed by atoms with E-state index >= 15 is 0 Å². The van der Waals surface area contributed by atoms with Crippen molar-refractivity contribution in [2.45, 2.75) is 24.8 Å². The van der Waals surface area contributed by atoms with Crippen LogP contribution in [0.3, 0.4) is 0 Å². The molecule has 0 fully saturated rings. The van der Waals surface area contributed by atoms with Crippen LogP contribution < -0.4 is 5.56 Å². The first-order chi connectivity index (χ1) is 12.2. The van der Waals surface area contributed by atoms with Crippen molar-refractivity contribution in [1.29, 1.82) is 0 Å². The van der Waals surface area contributed by atoms with E-state index in [-0.39, 0.29) is 5.56 Å². The minimum absolute atomic E-state index is 0.329. The van der Waals surface area contributed by atoms with Crippen LogP contribution in [-0.2, 0) is 0 Å². The summed E-state index contributed by atoms with van der Waals surface area (Å²) >= 11 is 0. The Morgan fingerprint density at radius 3 is 2.30 bits per heavy atom. The summed E-state index contributed by atoms with van der Waals surface area (Å²) < 4.78 is 65.5. The van der Waals surface area contributed by atoms with Crippen LogP contribution in [0.25, 0.3) is 11.3 Å². The van der Waals surface area contributed by atoms with Crippen molar-refractivity contribution < 1.29 is 19.4 Å². The third kappa shape index (κ3) is 4.18. The number of rotatable bonds is 4. The van der Waals surface area contributed by atoms with Crippen LogP contribution in [-0.4, -0.2) is 19.7 Å². The van der Waals surface area contributed by atoms with Gasteiger partial charge in [-0.1, -0.05) is 31.6 Å². The summed E-state index contributed by atoms with van der Waals surface area (Å²) in [5.74, 6) is 0.421. The number of halogens is 5. The average molecular weight is 406 g/mol.